The first-order chi connectivity index (χ1) is 7.40. The third-order valence-electron chi connectivity index (χ3n) is 2.63. The Labute approximate surface area is 88.6 Å². The minimum atomic E-state index is 0.825. The van der Waals surface area contributed by atoms with Crippen molar-refractivity contribution in [1.82, 2.24) is 9.55 Å². The number of imidazole rings is 1. The molecule has 2 nitrogen and oxygen atoms in total. The second kappa shape index (κ2) is 3.09. The number of aromatic nitrogens is 2. The number of nitrogens with zero attached hydrogens (tertiary/aromatic N) is 2. The molecular weight excluding hydrogens is 184 g/mol. The molecule has 2 aromatic rings. The van der Waals surface area contributed by atoms with Gasteiger partial charge >= 0.3 is 0 Å². The summed E-state index contributed by atoms with van der Waals surface area (Å²) in [6.45, 7) is 3.77. The Bertz CT molecular complexity index is 561. The van der Waals surface area contributed by atoms with Crippen molar-refractivity contribution in [2.75, 3.05) is 0 Å². The lowest BCUT2D eigenvalue weighted by molar-refractivity contribution is 0.974. The molecule has 0 aliphatic heterocycles. The summed E-state index contributed by atoms with van der Waals surface area (Å²) in [5.41, 5.74) is 3.64. The fourth-order valence-corrected chi connectivity index (χ4v) is 1.89. The van der Waals surface area contributed by atoms with Gasteiger partial charge in [0.25, 0.3) is 0 Å². The Balaban J connectivity index is 2.28. The molecule has 15 heavy (non-hydrogen) atoms. The molecule has 1 aromatic carbocycles. The molecule has 0 N–H and O–H groups in total. The zero-order chi connectivity index (χ0) is 10.3. The van der Waals surface area contributed by atoms with Crippen LogP contribution in [0.3, 0.4) is 0 Å². The van der Waals surface area contributed by atoms with Gasteiger partial charge in [-0.25, -0.2) is 4.98 Å². The third-order valence-corrected chi connectivity index (χ3v) is 2.63. The third kappa shape index (κ3) is 1.30. The van der Waals surface area contributed by atoms with Crippen molar-refractivity contribution in [2.24, 2.45) is 0 Å². The summed E-state index contributed by atoms with van der Waals surface area (Å²) in [4.78, 5) is 4.61. The van der Waals surface area contributed by atoms with Crippen molar-refractivity contribution in [2.45, 2.75) is 12.8 Å². The topological polar surface area (TPSA) is 17.8 Å². The Hall–Kier alpha value is -1.83. The average molecular weight is 196 g/mol. The number of benzene rings is 1. The van der Waals surface area contributed by atoms with E-state index in [1.165, 1.54) is 11.2 Å². The van der Waals surface area contributed by atoms with E-state index in [4.69, 9.17) is 0 Å². The van der Waals surface area contributed by atoms with E-state index in [1.54, 1.807) is 0 Å². The summed E-state index contributed by atoms with van der Waals surface area (Å²) in [5, 5.41) is 0. The predicted molar refractivity (Wildman–Crippen MR) is 62.5 cm³/mol. The second-order valence-electron chi connectivity index (χ2n) is 3.74. The normalized spacial score (nSPS) is 14.0. The lowest BCUT2D eigenvalue weighted by Crippen LogP contribution is -1.96. The summed E-state index contributed by atoms with van der Waals surface area (Å²) >= 11 is 0. The van der Waals surface area contributed by atoms with Gasteiger partial charge in [0.2, 0.25) is 0 Å². The lowest BCUT2D eigenvalue weighted by Gasteiger charge is -2.01. The van der Waals surface area contributed by atoms with Crippen molar-refractivity contribution in [3.05, 3.63) is 48.8 Å². The fourth-order valence-electron chi connectivity index (χ4n) is 1.89. The van der Waals surface area contributed by atoms with E-state index in [2.05, 4.69) is 40.4 Å². The van der Waals surface area contributed by atoms with Gasteiger partial charge in [-0.2, -0.15) is 0 Å². The highest BCUT2D eigenvalue weighted by Crippen LogP contribution is 2.30. The molecular formula is C13H12N2. The van der Waals surface area contributed by atoms with Gasteiger partial charge in [-0.15, -0.1) is 6.58 Å². The Kier molecular flexibility index (Phi) is 1.75. The number of fused-ring (bicyclic) bond motifs is 1. The molecule has 0 unspecified atom stereocenters. The molecule has 0 saturated heterocycles. The molecule has 1 aliphatic carbocycles. The van der Waals surface area contributed by atoms with Gasteiger partial charge in [0, 0.05) is 18.5 Å². The number of para-hydroxylation sites is 2. The molecule has 1 aliphatic rings. The van der Waals surface area contributed by atoms with Crippen LogP contribution >= 0.6 is 0 Å². The van der Waals surface area contributed by atoms with Crippen LogP contribution in [0.1, 0.15) is 12.2 Å². The van der Waals surface area contributed by atoms with E-state index in [0.29, 0.717) is 0 Å². The average Bonchev–Trinajstić information content (AvgIpc) is 3.01. The monoisotopic (exact) mass is 196 g/mol. The molecule has 74 valence electrons. The molecule has 3 rings (SSSR count). The van der Waals surface area contributed by atoms with Crippen LogP contribution in [0.5, 0.6) is 0 Å². The van der Waals surface area contributed by atoms with E-state index in [1.807, 2.05) is 12.1 Å². The molecule has 1 heterocycles. The smallest absolute Gasteiger partial charge is 0.118 e. The minimum Gasteiger partial charge on any atom is -0.300 e. The quantitative estimate of drug-likeness (QED) is 0.690. The van der Waals surface area contributed by atoms with Crippen LogP contribution in [0.25, 0.3) is 16.7 Å². The first kappa shape index (κ1) is 8.48. The highest BCUT2D eigenvalue weighted by atomic mass is 15.1. The van der Waals surface area contributed by atoms with Gasteiger partial charge in [-0.05, 0) is 12.1 Å². The Morgan fingerprint density at radius 3 is 2.93 bits per heavy atom. The summed E-state index contributed by atoms with van der Waals surface area (Å²) in [6, 6.07) is 8.26. The molecule has 0 fully saturated rings. The summed E-state index contributed by atoms with van der Waals surface area (Å²) in [6.07, 6.45) is 6.04. The number of hydrogen-bond acceptors (Lipinski definition) is 1. The molecule has 1 aromatic heterocycles. The van der Waals surface area contributed by atoms with E-state index in [0.717, 1.165) is 24.2 Å². The van der Waals surface area contributed by atoms with Gasteiger partial charge in [0.1, 0.15) is 5.82 Å². The maximum Gasteiger partial charge on any atom is 0.118 e. The highest BCUT2D eigenvalue weighted by Gasteiger charge is 2.17. The zero-order valence-electron chi connectivity index (χ0n) is 8.48. The van der Waals surface area contributed by atoms with E-state index in [-0.39, 0.29) is 0 Å². The SMILES string of the molecule is C=CCc1nc2ccccc2n1C1=CC1. The van der Waals surface area contributed by atoms with Crippen molar-refractivity contribution in [3.63, 3.8) is 0 Å². The van der Waals surface area contributed by atoms with Crippen molar-refractivity contribution in [3.8, 4) is 0 Å². The maximum absolute atomic E-state index is 4.61. The number of allylic oxidation sites excluding steroid dienone is 3. The van der Waals surface area contributed by atoms with Crippen LogP contribution in [0.2, 0.25) is 0 Å². The van der Waals surface area contributed by atoms with Crippen molar-refractivity contribution >= 4 is 16.7 Å². The van der Waals surface area contributed by atoms with Crippen molar-refractivity contribution in [1.29, 1.82) is 0 Å². The number of hydrogen-bond donors (Lipinski definition) is 0. The van der Waals surface area contributed by atoms with E-state index < -0.39 is 0 Å². The second-order valence-corrected chi connectivity index (χ2v) is 3.74. The Morgan fingerprint density at radius 2 is 2.20 bits per heavy atom. The fraction of sp³-hybridized carbons (Fsp3) is 0.154. The molecule has 0 radical (unpaired) electrons. The van der Waals surface area contributed by atoms with E-state index >= 15 is 0 Å². The van der Waals surface area contributed by atoms with Gasteiger partial charge in [0.05, 0.1) is 11.0 Å². The first-order valence-corrected chi connectivity index (χ1v) is 5.17. The highest BCUT2D eigenvalue weighted by molar-refractivity contribution is 5.82. The molecule has 0 amide bonds. The molecule has 0 atom stereocenters. The summed E-state index contributed by atoms with van der Waals surface area (Å²) in [5.74, 6) is 1.09. The molecule has 0 spiro atoms. The summed E-state index contributed by atoms with van der Waals surface area (Å²) in [7, 11) is 0. The summed E-state index contributed by atoms with van der Waals surface area (Å²) < 4.78 is 2.25. The van der Waals surface area contributed by atoms with Crippen LogP contribution in [0.4, 0.5) is 0 Å². The largest absolute Gasteiger partial charge is 0.300 e. The molecule has 0 bridgehead atoms. The molecule has 2 heteroatoms. The first-order valence-electron chi connectivity index (χ1n) is 5.17. The molecule has 0 saturated carbocycles. The van der Waals surface area contributed by atoms with Crippen LogP contribution in [0.15, 0.2) is 43.0 Å². The van der Waals surface area contributed by atoms with Crippen LogP contribution < -0.4 is 0 Å². The lowest BCUT2D eigenvalue weighted by atomic mass is 10.3. The van der Waals surface area contributed by atoms with Crippen LogP contribution in [0, 0.1) is 0 Å². The van der Waals surface area contributed by atoms with Gasteiger partial charge in [-0.3, -0.25) is 4.57 Å². The van der Waals surface area contributed by atoms with Crippen LogP contribution in [-0.2, 0) is 6.42 Å². The number of rotatable bonds is 3. The van der Waals surface area contributed by atoms with E-state index in [9.17, 15) is 0 Å². The van der Waals surface area contributed by atoms with Crippen molar-refractivity contribution < 1.29 is 0 Å². The van der Waals surface area contributed by atoms with Crippen LogP contribution in [-0.4, -0.2) is 9.55 Å². The standard InChI is InChI=1S/C13H12N2/c1-2-5-13-14-11-6-3-4-7-12(11)15(13)10-8-9-10/h2-4,6-8H,1,5,9H2. The minimum absolute atomic E-state index is 0.825. The van der Waals surface area contributed by atoms with Gasteiger partial charge in [-0.1, -0.05) is 24.3 Å². The van der Waals surface area contributed by atoms with Gasteiger partial charge in [0.15, 0.2) is 0 Å². The maximum atomic E-state index is 4.61. The Morgan fingerprint density at radius 1 is 1.40 bits per heavy atom. The van der Waals surface area contributed by atoms with Gasteiger partial charge < -0.3 is 0 Å². The zero-order valence-corrected chi connectivity index (χ0v) is 8.48. The predicted octanol–water partition coefficient (Wildman–Crippen LogP) is 3.01.